The van der Waals surface area contributed by atoms with E-state index in [4.69, 9.17) is 5.11 Å². The molecule has 0 radical (unpaired) electrons. The summed E-state index contributed by atoms with van der Waals surface area (Å²) in [6.07, 6.45) is 12.5. The number of aromatic nitrogens is 3. The molecule has 4 nitrogen and oxygen atoms in total. The van der Waals surface area contributed by atoms with Crippen LogP contribution in [0.5, 0.6) is 0 Å². The van der Waals surface area contributed by atoms with Gasteiger partial charge in [-0.3, -0.25) is 0 Å². The van der Waals surface area contributed by atoms with Gasteiger partial charge in [0.15, 0.2) is 0 Å². The van der Waals surface area contributed by atoms with Crippen molar-refractivity contribution in [2.24, 2.45) is 0 Å². The summed E-state index contributed by atoms with van der Waals surface area (Å²) < 4.78 is 2.04. The minimum Gasteiger partial charge on any atom is -0.516 e. The van der Waals surface area contributed by atoms with Crippen molar-refractivity contribution in [1.82, 2.24) is 14.8 Å². The Morgan fingerprint density at radius 1 is 1.26 bits per heavy atom. The van der Waals surface area contributed by atoms with Crippen LogP contribution >= 0.6 is 0 Å². The second-order valence-electron chi connectivity index (χ2n) is 5.01. The summed E-state index contributed by atoms with van der Waals surface area (Å²) >= 11 is 0. The Labute approximate surface area is 116 Å². The lowest BCUT2D eigenvalue weighted by molar-refractivity contribution is 0.457. The van der Waals surface area contributed by atoms with Crippen molar-refractivity contribution in [3.05, 3.63) is 24.5 Å². The molecule has 1 N–H and O–H groups in total. The molecule has 1 rings (SSSR count). The average molecular weight is 265 g/mol. The lowest BCUT2D eigenvalue weighted by Gasteiger charge is -2.15. The Bertz CT molecular complexity index is 360. The first-order chi connectivity index (χ1) is 9.33. The van der Waals surface area contributed by atoms with Crippen LogP contribution < -0.4 is 0 Å². The van der Waals surface area contributed by atoms with E-state index in [-0.39, 0.29) is 0 Å². The summed E-state index contributed by atoms with van der Waals surface area (Å²) in [5.74, 6) is 1.44. The summed E-state index contributed by atoms with van der Waals surface area (Å²) in [5.41, 5.74) is 0. The van der Waals surface area contributed by atoms with Gasteiger partial charge in [0.25, 0.3) is 0 Å². The molecule has 0 aromatic carbocycles. The maximum absolute atomic E-state index is 8.86. The van der Waals surface area contributed by atoms with Crippen molar-refractivity contribution in [3.8, 4) is 0 Å². The van der Waals surface area contributed by atoms with Crippen LogP contribution in [0.1, 0.15) is 70.5 Å². The lowest BCUT2D eigenvalue weighted by atomic mass is 9.97. The fraction of sp³-hybridized carbons (Fsp3) is 0.733. The van der Waals surface area contributed by atoms with Gasteiger partial charge in [-0.05, 0) is 25.3 Å². The predicted molar refractivity (Wildman–Crippen MR) is 78.2 cm³/mol. The number of hydrogen-bond donors (Lipinski definition) is 1. The Morgan fingerprint density at radius 2 is 2.05 bits per heavy atom. The number of hydrogen-bond acceptors (Lipinski definition) is 3. The number of nitrogens with zero attached hydrogens (tertiary/aromatic N) is 3. The van der Waals surface area contributed by atoms with E-state index in [2.05, 4.69) is 23.9 Å². The molecule has 0 saturated carbocycles. The van der Waals surface area contributed by atoms with Crippen molar-refractivity contribution in [2.45, 2.75) is 71.3 Å². The molecule has 0 aliphatic rings. The van der Waals surface area contributed by atoms with Crippen molar-refractivity contribution < 1.29 is 5.11 Å². The quantitative estimate of drug-likeness (QED) is 0.509. The summed E-state index contributed by atoms with van der Waals surface area (Å²) in [7, 11) is 0. The second kappa shape index (κ2) is 9.59. The highest BCUT2D eigenvalue weighted by Gasteiger charge is 2.16. The first kappa shape index (κ1) is 15.7. The molecule has 0 saturated heterocycles. The standard InChI is InChI=1S/C15H27N3O/c1-3-5-7-11-18-15(16-13-17-18)14(9-6-4-2)10-8-12-19/h8,12-14,19H,3-7,9-11H2,1-2H3. The van der Waals surface area contributed by atoms with E-state index in [1.54, 1.807) is 6.33 Å². The highest BCUT2D eigenvalue weighted by molar-refractivity contribution is 4.99. The van der Waals surface area contributed by atoms with E-state index in [0.717, 1.165) is 37.9 Å². The molecule has 4 heteroatoms. The molecule has 1 atom stereocenters. The van der Waals surface area contributed by atoms with Gasteiger partial charge >= 0.3 is 0 Å². The van der Waals surface area contributed by atoms with Gasteiger partial charge in [-0.25, -0.2) is 9.67 Å². The first-order valence-corrected chi connectivity index (χ1v) is 7.50. The van der Waals surface area contributed by atoms with Gasteiger partial charge in [0.2, 0.25) is 0 Å². The SMILES string of the molecule is CCCCCn1ncnc1C(CC=CO)CCCC. The zero-order valence-corrected chi connectivity index (χ0v) is 12.3. The van der Waals surface area contributed by atoms with Gasteiger partial charge in [-0.15, -0.1) is 0 Å². The van der Waals surface area contributed by atoms with Crippen LogP contribution in [-0.2, 0) is 6.54 Å². The monoisotopic (exact) mass is 265 g/mol. The van der Waals surface area contributed by atoms with E-state index >= 15 is 0 Å². The molecular formula is C15H27N3O. The van der Waals surface area contributed by atoms with Gasteiger partial charge in [-0.2, -0.15) is 5.10 Å². The molecule has 0 bridgehead atoms. The molecule has 0 fully saturated rings. The predicted octanol–water partition coefficient (Wildman–Crippen LogP) is 4.20. The second-order valence-corrected chi connectivity index (χ2v) is 5.01. The Morgan fingerprint density at radius 3 is 2.74 bits per heavy atom. The van der Waals surface area contributed by atoms with Gasteiger partial charge in [0, 0.05) is 12.5 Å². The minimum atomic E-state index is 0.368. The molecular weight excluding hydrogens is 238 g/mol. The average Bonchev–Trinajstić information content (AvgIpc) is 2.88. The molecule has 1 aromatic heterocycles. The van der Waals surface area contributed by atoms with Crippen LogP contribution in [0.4, 0.5) is 0 Å². The van der Waals surface area contributed by atoms with Crippen LogP contribution in [0, 0.1) is 0 Å². The van der Waals surface area contributed by atoms with Crippen molar-refractivity contribution >= 4 is 0 Å². The fourth-order valence-corrected chi connectivity index (χ4v) is 2.30. The Hall–Kier alpha value is -1.32. The van der Waals surface area contributed by atoms with Crippen LogP contribution in [0.3, 0.4) is 0 Å². The molecule has 108 valence electrons. The highest BCUT2D eigenvalue weighted by atomic mass is 16.2. The normalized spacial score (nSPS) is 13.2. The maximum Gasteiger partial charge on any atom is 0.138 e. The van der Waals surface area contributed by atoms with Gasteiger partial charge in [0.1, 0.15) is 12.2 Å². The highest BCUT2D eigenvalue weighted by Crippen LogP contribution is 2.24. The molecule has 0 amide bonds. The minimum absolute atomic E-state index is 0.368. The van der Waals surface area contributed by atoms with Gasteiger partial charge in [0.05, 0.1) is 6.26 Å². The van der Waals surface area contributed by atoms with Crippen LogP contribution in [0.15, 0.2) is 18.7 Å². The summed E-state index contributed by atoms with van der Waals surface area (Å²) in [4.78, 5) is 4.44. The maximum atomic E-state index is 8.86. The van der Waals surface area contributed by atoms with Crippen molar-refractivity contribution in [3.63, 3.8) is 0 Å². The van der Waals surface area contributed by atoms with Crippen LogP contribution in [-0.4, -0.2) is 19.9 Å². The Kier molecular flexibility index (Phi) is 7.94. The summed E-state index contributed by atoms with van der Waals surface area (Å²) in [6, 6.07) is 0. The van der Waals surface area contributed by atoms with E-state index in [1.807, 2.05) is 10.8 Å². The molecule has 1 aromatic rings. The summed E-state index contributed by atoms with van der Waals surface area (Å²) in [5, 5.41) is 13.2. The molecule has 0 spiro atoms. The van der Waals surface area contributed by atoms with Crippen molar-refractivity contribution in [1.29, 1.82) is 0 Å². The topological polar surface area (TPSA) is 50.9 Å². The number of unbranched alkanes of at least 4 members (excludes halogenated alkanes) is 3. The number of aryl methyl sites for hydroxylation is 1. The zero-order valence-electron chi connectivity index (χ0n) is 12.3. The molecule has 19 heavy (non-hydrogen) atoms. The number of rotatable bonds is 10. The molecule has 0 aliphatic heterocycles. The smallest absolute Gasteiger partial charge is 0.138 e. The van der Waals surface area contributed by atoms with E-state index in [0.29, 0.717) is 5.92 Å². The lowest BCUT2D eigenvalue weighted by Crippen LogP contribution is -2.11. The largest absolute Gasteiger partial charge is 0.516 e. The van der Waals surface area contributed by atoms with E-state index in [1.165, 1.54) is 25.7 Å². The molecule has 0 aliphatic carbocycles. The third kappa shape index (κ3) is 5.45. The third-order valence-corrected chi connectivity index (χ3v) is 3.42. The van der Waals surface area contributed by atoms with Crippen molar-refractivity contribution in [2.75, 3.05) is 0 Å². The van der Waals surface area contributed by atoms with Crippen LogP contribution in [0.25, 0.3) is 0 Å². The third-order valence-electron chi connectivity index (χ3n) is 3.42. The van der Waals surface area contributed by atoms with E-state index in [9.17, 15) is 0 Å². The number of aliphatic hydroxyl groups is 1. The summed E-state index contributed by atoms with van der Waals surface area (Å²) in [6.45, 7) is 5.36. The zero-order chi connectivity index (χ0) is 13.9. The van der Waals surface area contributed by atoms with Crippen LogP contribution in [0.2, 0.25) is 0 Å². The number of aliphatic hydroxyl groups excluding tert-OH is 1. The first-order valence-electron chi connectivity index (χ1n) is 7.50. The Balaban J connectivity index is 2.68. The molecule has 1 unspecified atom stereocenters. The fourth-order valence-electron chi connectivity index (χ4n) is 2.30. The van der Waals surface area contributed by atoms with E-state index < -0.39 is 0 Å². The molecule has 1 heterocycles. The van der Waals surface area contributed by atoms with Gasteiger partial charge in [-0.1, -0.05) is 39.5 Å². The van der Waals surface area contributed by atoms with Gasteiger partial charge < -0.3 is 5.11 Å². The number of allylic oxidation sites excluding steroid dienone is 1.